The lowest BCUT2D eigenvalue weighted by molar-refractivity contribution is 0.0949. The first-order valence-corrected chi connectivity index (χ1v) is 8.41. The maximum Gasteiger partial charge on any atom is 0.262 e. The average molecular weight is 321 g/mol. The molecule has 1 aromatic rings. The van der Waals surface area contributed by atoms with Crippen molar-refractivity contribution in [3.63, 3.8) is 0 Å². The van der Waals surface area contributed by atoms with Gasteiger partial charge in [0.05, 0.1) is 10.7 Å². The molecule has 0 saturated carbocycles. The number of nitrogens with zero attached hydrogens (tertiary/aromatic N) is 1. The van der Waals surface area contributed by atoms with Crippen LogP contribution in [0.4, 0.5) is 5.69 Å². The number of hydrogen-bond acceptors (Lipinski definition) is 5. The summed E-state index contributed by atoms with van der Waals surface area (Å²) in [5.74, 6) is -0.145. The van der Waals surface area contributed by atoms with Crippen LogP contribution in [0.1, 0.15) is 16.8 Å². The van der Waals surface area contributed by atoms with Gasteiger partial charge in [-0.15, -0.1) is 0 Å². The summed E-state index contributed by atoms with van der Waals surface area (Å²) < 4.78 is 22.8. The Bertz CT molecular complexity index is 675. The summed E-state index contributed by atoms with van der Waals surface area (Å²) in [5.41, 5.74) is 1.01. The first-order chi connectivity index (χ1) is 8.89. The highest BCUT2D eigenvalue weighted by Crippen LogP contribution is 2.38. The van der Waals surface area contributed by atoms with E-state index in [0.717, 1.165) is 19.5 Å². The van der Waals surface area contributed by atoms with E-state index in [0.29, 0.717) is 11.3 Å². The molecule has 2 aliphatic heterocycles. The Kier molecular flexibility index (Phi) is 3.01. The van der Waals surface area contributed by atoms with Gasteiger partial charge >= 0.3 is 0 Å². The lowest BCUT2D eigenvalue weighted by Crippen LogP contribution is -2.52. The zero-order valence-electron chi connectivity index (χ0n) is 9.69. The van der Waals surface area contributed by atoms with Gasteiger partial charge in [0.2, 0.25) is 5.78 Å². The van der Waals surface area contributed by atoms with Crippen molar-refractivity contribution in [1.29, 1.82) is 0 Å². The van der Waals surface area contributed by atoms with Crippen LogP contribution in [0.5, 0.6) is 0 Å². The summed E-state index contributed by atoms with van der Waals surface area (Å²) in [6, 6.07) is 2.76. The third-order valence-corrected chi connectivity index (χ3v) is 5.15. The normalized spacial score (nSPS) is 22.3. The molecule has 0 radical (unpaired) electrons. The monoisotopic (exact) mass is 320 g/mol. The van der Waals surface area contributed by atoms with Crippen molar-refractivity contribution in [2.24, 2.45) is 0 Å². The van der Waals surface area contributed by atoms with Crippen molar-refractivity contribution in [3.05, 3.63) is 22.7 Å². The number of fused-ring (bicyclic) bond motifs is 3. The van der Waals surface area contributed by atoms with Crippen LogP contribution < -0.4 is 10.2 Å². The number of Topliss-reactive ketones (excluding diaryl/α,β-unsaturated/α-hetero) is 1. The SMILES string of the molecule is O=C1c2cc(S(=O)(=O)Cl)c(Cl)cc2N2CCCNC12. The van der Waals surface area contributed by atoms with Crippen LogP contribution in [-0.2, 0) is 9.05 Å². The Hall–Kier alpha value is -0.820. The molecule has 0 aliphatic carbocycles. The molecule has 0 amide bonds. The molecular formula is C11H10Cl2N2O3S. The molecule has 1 saturated heterocycles. The van der Waals surface area contributed by atoms with Crippen LogP contribution in [-0.4, -0.2) is 33.5 Å². The van der Waals surface area contributed by atoms with Gasteiger partial charge in [0.1, 0.15) is 11.1 Å². The molecule has 2 heterocycles. The lowest BCUT2D eigenvalue weighted by Gasteiger charge is -2.31. The lowest BCUT2D eigenvalue weighted by atomic mass is 10.1. The van der Waals surface area contributed by atoms with Gasteiger partial charge < -0.3 is 4.90 Å². The number of benzene rings is 1. The van der Waals surface area contributed by atoms with E-state index in [4.69, 9.17) is 22.3 Å². The Balaban J connectivity index is 2.18. The highest BCUT2D eigenvalue weighted by molar-refractivity contribution is 8.13. The summed E-state index contributed by atoms with van der Waals surface area (Å²) in [6.45, 7) is 1.50. The van der Waals surface area contributed by atoms with Gasteiger partial charge in [-0.2, -0.15) is 0 Å². The molecule has 0 bridgehead atoms. The summed E-state index contributed by atoms with van der Waals surface area (Å²) in [7, 11) is 1.35. The number of carbonyl (C=O) groups excluding carboxylic acids is 1. The minimum atomic E-state index is -3.96. The van der Waals surface area contributed by atoms with Gasteiger partial charge in [0.25, 0.3) is 9.05 Å². The van der Waals surface area contributed by atoms with Crippen LogP contribution in [0.2, 0.25) is 5.02 Å². The van der Waals surface area contributed by atoms with Crippen LogP contribution >= 0.6 is 22.3 Å². The fourth-order valence-corrected chi connectivity index (χ4v) is 4.05. The number of carbonyl (C=O) groups is 1. The largest absolute Gasteiger partial charge is 0.349 e. The van der Waals surface area contributed by atoms with Gasteiger partial charge in [-0.05, 0) is 25.1 Å². The van der Waals surface area contributed by atoms with Crippen molar-refractivity contribution < 1.29 is 13.2 Å². The van der Waals surface area contributed by atoms with Crippen LogP contribution in [0.25, 0.3) is 0 Å². The summed E-state index contributed by atoms with van der Waals surface area (Å²) in [6.07, 6.45) is 0.490. The number of rotatable bonds is 1. The average Bonchev–Trinajstić information content (AvgIpc) is 2.61. The zero-order chi connectivity index (χ0) is 13.8. The van der Waals surface area contributed by atoms with Crippen LogP contribution in [0.15, 0.2) is 17.0 Å². The van der Waals surface area contributed by atoms with Crippen molar-refractivity contribution in [1.82, 2.24) is 5.32 Å². The number of nitrogens with one attached hydrogen (secondary N) is 1. The zero-order valence-corrected chi connectivity index (χ0v) is 12.0. The van der Waals surface area contributed by atoms with E-state index < -0.39 is 15.2 Å². The first kappa shape index (κ1) is 13.2. The maximum atomic E-state index is 12.2. The van der Waals surface area contributed by atoms with E-state index in [1.807, 2.05) is 4.90 Å². The Morgan fingerprint density at radius 3 is 2.79 bits per heavy atom. The summed E-state index contributed by atoms with van der Waals surface area (Å²) >= 11 is 5.95. The number of anilines is 1. The number of halogens is 2. The standard InChI is InChI=1S/C11H10Cl2N2O3S/c12-7-5-8-6(4-9(7)19(13,17)18)10(16)11-14-2-1-3-15(8)11/h4-5,11,14H,1-3H2. The number of ketones is 1. The molecule has 1 fully saturated rings. The van der Waals surface area contributed by atoms with E-state index >= 15 is 0 Å². The van der Waals surface area contributed by atoms with E-state index in [9.17, 15) is 13.2 Å². The highest BCUT2D eigenvalue weighted by atomic mass is 35.7. The molecular weight excluding hydrogens is 311 g/mol. The molecule has 5 nitrogen and oxygen atoms in total. The second-order valence-electron chi connectivity index (χ2n) is 4.51. The minimum Gasteiger partial charge on any atom is -0.349 e. The fourth-order valence-electron chi connectivity index (χ4n) is 2.53. The van der Waals surface area contributed by atoms with Crippen molar-refractivity contribution >= 4 is 42.8 Å². The molecule has 1 aromatic carbocycles. The van der Waals surface area contributed by atoms with Gasteiger partial charge in [0.15, 0.2) is 0 Å². The summed E-state index contributed by atoms with van der Waals surface area (Å²) in [5, 5.41) is 3.14. The molecule has 1 N–H and O–H groups in total. The topological polar surface area (TPSA) is 66.5 Å². The third kappa shape index (κ3) is 2.03. The molecule has 0 spiro atoms. The smallest absolute Gasteiger partial charge is 0.262 e. The Labute approximate surface area is 119 Å². The molecule has 0 aromatic heterocycles. The molecule has 19 heavy (non-hydrogen) atoms. The van der Waals surface area contributed by atoms with E-state index in [1.165, 1.54) is 12.1 Å². The van der Waals surface area contributed by atoms with Crippen molar-refractivity contribution in [2.45, 2.75) is 17.5 Å². The molecule has 1 unspecified atom stereocenters. The Morgan fingerprint density at radius 1 is 1.37 bits per heavy atom. The molecule has 3 rings (SSSR count). The van der Waals surface area contributed by atoms with Gasteiger partial charge in [-0.25, -0.2) is 8.42 Å². The third-order valence-electron chi connectivity index (χ3n) is 3.36. The van der Waals surface area contributed by atoms with Crippen molar-refractivity contribution in [2.75, 3.05) is 18.0 Å². The van der Waals surface area contributed by atoms with Crippen LogP contribution in [0, 0.1) is 0 Å². The Morgan fingerprint density at radius 2 is 2.11 bits per heavy atom. The predicted molar refractivity (Wildman–Crippen MR) is 72.6 cm³/mol. The highest BCUT2D eigenvalue weighted by Gasteiger charge is 2.39. The fraction of sp³-hybridized carbons (Fsp3) is 0.364. The molecule has 2 aliphatic rings. The first-order valence-electron chi connectivity index (χ1n) is 5.72. The summed E-state index contributed by atoms with van der Waals surface area (Å²) in [4.78, 5) is 13.9. The quantitative estimate of drug-likeness (QED) is 0.796. The maximum absolute atomic E-state index is 12.2. The van der Waals surface area contributed by atoms with E-state index in [1.54, 1.807) is 0 Å². The minimum absolute atomic E-state index is 0.0350. The second kappa shape index (κ2) is 4.34. The molecule has 8 heteroatoms. The molecule has 102 valence electrons. The van der Waals surface area contributed by atoms with Gasteiger partial charge in [-0.3, -0.25) is 10.1 Å². The second-order valence-corrected chi connectivity index (χ2v) is 7.45. The number of hydrogen-bond donors (Lipinski definition) is 1. The van der Waals surface area contributed by atoms with Gasteiger partial charge in [-0.1, -0.05) is 11.6 Å². The van der Waals surface area contributed by atoms with Gasteiger partial charge in [0, 0.05) is 22.8 Å². The van der Waals surface area contributed by atoms with E-state index in [-0.39, 0.29) is 15.7 Å². The predicted octanol–water partition coefficient (Wildman–Crippen LogP) is 1.59. The molecule has 1 atom stereocenters. The van der Waals surface area contributed by atoms with E-state index in [2.05, 4.69) is 5.32 Å². The van der Waals surface area contributed by atoms with Crippen LogP contribution in [0.3, 0.4) is 0 Å². The van der Waals surface area contributed by atoms with Crippen molar-refractivity contribution in [3.8, 4) is 0 Å².